The van der Waals surface area contributed by atoms with Gasteiger partial charge in [0.25, 0.3) is 0 Å². The highest BCUT2D eigenvalue weighted by atomic mass is 16.3. The Balaban J connectivity index is 1.62. The summed E-state index contributed by atoms with van der Waals surface area (Å²) in [6, 6.07) is 6.31. The van der Waals surface area contributed by atoms with Crippen LogP contribution < -0.4 is 5.32 Å². The average molecular weight is 275 g/mol. The van der Waals surface area contributed by atoms with Crippen molar-refractivity contribution in [3.05, 3.63) is 29.3 Å². The van der Waals surface area contributed by atoms with Gasteiger partial charge in [0.1, 0.15) is 5.75 Å². The lowest BCUT2D eigenvalue weighted by Crippen LogP contribution is -2.20. The molecule has 2 N–H and O–H groups in total. The predicted octanol–water partition coefficient (Wildman–Crippen LogP) is 4.58. The largest absolute Gasteiger partial charge is 0.508 e. The first-order chi connectivity index (χ1) is 9.66. The molecule has 0 aromatic heterocycles. The lowest BCUT2D eigenvalue weighted by Gasteiger charge is -2.14. The number of phenolic OH excluding ortho intramolecular Hbond substituents is 1. The molecule has 112 valence electrons. The second-order valence-corrected chi connectivity index (χ2v) is 6.53. The molecule has 1 aromatic rings. The fourth-order valence-corrected chi connectivity index (χ4v) is 3.12. The van der Waals surface area contributed by atoms with Crippen LogP contribution in [-0.4, -0.2) is 11.7 Å². The zero-order chi connectivity index (χ0) is 14.4. The monoisotopic (exact) mass is 275 g/mol. The molecular formula is C18H29NO. The van der Waals surface area contributed by atoms with Crippen LogP contribution in [0.2, 0.25) is 0 Å². The molecule has 20 heavy (non-hydrogen) atoms. The number of nitrogens with one attached hydrogen (secondary N) is 1. The lowest BCUT2D eigenvalue weighted by atomic mass is 10.0. The second-order valence-electron chi connectivity index (χ2n) is 6.53. The van der Waals surface area contributed by atoms with Gasteiger partial charge in [-0.05, 0) is 55.0 Å². The van der Waals surface area contributed by atoms with E-state index in [4.69, 9.17) is 0 Å². The fourth-order valence-electron chi connectivity index (χ4n) is 3.12. The Kier molecular flexibility index (Phi) is 5.90. The first kappa shape index (κ1) is 15.4. The maximum absolute atomic E-state index is 9.50. The molecule has 1 atom stereocenters. The number of fused-ring (bicyclic) bond motifs is 1. The van der Waals surface area contributed by atoms with Crippen LogP contribution in [0.15, 0.2) is 18.2 Å². The summed E-state index contributed by atoms with van der Waals surface area (Å²) in [6.07, 6.45) is 9.00. The van der Waals surface area contributed by atoms with Crippen molar-refractivity contribution in [1.29, 1.82) is 0 Å². The molecule has 1 aliphatic rings. The van der Waals surface area contributed by atoms with Crippen molar-refractivity contribution in [2.45, 2.75) is 64.8 Å². The van der Waals surface area contributed by atoms with Crippen LogP contribution in [0.4, 0.5) is 0 Å². The molecule has 0 spiro atoms. The van der Waals surface area contributed by atoms with Crippen LogP contribution in [-0.2, 0) is 6.42 Å². The number of unbranched alkanes of at least 4 members (excludes halogenated alkanes) is 3. The quantitative estimate of drug-likeness (QED) is 0.681. The molecule has 1 aromatic carbocycles. The molecule has 0 radical (unpaired) electrons. The van der Waals surface area contributed by atoms with Crippen LogP contribution in [0, 0.1) is 5.92 Å². The summed E-state index contributed by atoms with van der Waals surface area (Å²) in [5.41, 5.74) is 2.71. The van der Waals surface area contributed by atoms with Crippen LogP contribution in [0.3, 0.4) is 0 Å². The van der Waals surface area contributed by atoms with E-state index in [-0.39, 0.29) is 0 Å². The van der Waals surface area contributed by atoms with Crippen molar-refractivity contribution >= 4 is 0 Å². The third-order valence-corrected chi connectivity index (χ3v) is 4.30. The third-order valence-electron chi connectivity index (χ3n) is 4.30. The van der Waals surface area contributed by atoms with Gasteiger partial charge in [-0.2, -0.15) is 0 Å². The molecule has 0 aliphatic heterocycles. The first-order valence-corrected chi connectivity index (χ1v) is 8.22. The molecule has 0 bridgehead atoms. The van der Waals surface area contributed by atoms with Crippen molar-refractivity contribution < 1.29 is 5.11 Å². The van der Waals surface area contributed by atoms with Crippen molar-refractivity contribution in [1.82, 2.24) is 5.32 Å². The summed E-state index contributed by atoms with van der Waals surface area (Å²) in [5.74, 6) is 1.24. The SMILES string of the molecule is CC(C)CCCCCCNC1CCc2cc(O)ccc21. The molecule has 2 heteroatoms. The smallest absolute Gasteiger partial charge is 0.115 e. The molecule has 1 unspecified atom stereocenters. The summed E-state index contributed by atoms with van der Waals surface area (Å²) in [4.78, 5) is 0. The van der Waals surface area contributed by atoms with E-state index in [0.29, 0.717) is 11.8 Å². The van der Waals surface area contributed by atoms with Gasteiger partial charge in [0.15, 0.2) is 0 Å². The standard InChI is InChI=1S/C18H29NO/c1-14(2)7-5-3-4-6-12-19-18-11-8-15-13-16(20)9-10-17(15)18/h9-10,13-14,18-20H,3-8,11-12H2,1-2H3. The van der Waals surface area contributed by atoms with Crippen molar-refractivity contribution in [3.8, 4) is 5.75 Å². The highest BCUT2D eigenvalue weighted by Crippen LogP contribution is 2.33. The van der Waals surface area contributed by atoms with E-state index in [1.165, 1.54) is 49.7 Å². The lowest BCUT2D eigenvalue weighted by molar-refractivity contribution is 0.474. The fraction of sp³-hybridized carbons (Fsp3) is 0.667. The molecule has 0 saturated carbocycles. The van der Waals surface area contributed by atoms with Gasteiger partial charge in [0.05, 0.1) is 0 Å². The number of hydrogen-bond donors (Lipinski definition) is 2. The minimum Gasteiger partial charge on any atom is -0.508 e. The number of aromatic hydroxyl groups is 1. The number of hydrogen-bond acceptors (Lipinski definition) is 2. The van der Waals surface area contributed by atoms with E-state index in [1.807, 2.05) is 12.1 Å². The minimum atomic E-state index is 0.398. The van der Waals surface area contributed by atoms with Crippen molar-refractivity contribution in [3.63, 3.8) is 0 Å². The Bertz CT molecular complexity index is 414. The first-order valence-electron chi connectivity index (χ1n) is 8.22. The third kappa shape index (κ3) is 4.52. The van der Waals surface area contributed by atoms with E-state index >= 15 is 0 Å². The topological polar surface area (TPSA) is 32.3 Å². The molecule has 2 nitrogen and oxygen atoms in total. The van der Waals surface area contributed by atoms with Crippen LogP contribution in [0.25, 0.3) is 0 Å². The maximum Gasteiger partial charge on any atom is 0.115 e. The summed E-state index contributed by atoms with van der Waals surface area (Å²) in [7, 11) is 0. The van der Waals surface area contributed by atoms with Crippen molar-refractivity contribution in [2.75, 3.05) is 6.54 Å². The van der Waals surface area contributed by atoms with E-state index in [9.17, 15) is 5.11 Å². The number of benzene rings is 1. The van der Waals surface area contributed by atoms with Gasteiger partial charge < -0.3 is 10.4 Å². The van der Waals surface area contributed by atoms with Gasteiger partial charge in [-0.25, -0.2) is 0 Å². The number of phenols is 1. The summed E-state index contributed by atoms with van der Waals surface area (Å²) in [6.45, 7) is 5.72. The molecule has 2 rings (SSSR count). The van der Waals surface area contributed by atoms with Gasteiger partial charge in [-0.1, -0.05) is 45.6 Å². The Labute approximate surface area is 123 Å². The van der Waals surface area contributed by atoms with E-state index in [2.05, 4.69) is 25.2 Å². The normalized spacial score (nSPS) is 17.6. The molecular weight excluding hydrogens is 246 g/mol. The van der Waals surface area contributed by atoms with Crippen LogP contribution in [0.5, 0.6) is 5.75 Å². The Morgan fingerprint density at radius 1 is 1.20 bits per heavy atom. The Morgan fingerprint density at radius 2 is 2.00 bits per heavy atom. The molecule has 0 fully saturated rings. The Hall–Kier alpha value is -1.02. The van der Waals surface area contributed by atoms with E-state index < -0.39 is 0 Å². The minimum absolute atomic E-state index is 0.398. The Morgan fingerprint density at radius 3 is 2.80 bits per heavy atom. The average Bonchev–Trinajstić information content (AvgIpc) is 2.79. The second kappa shape index (κ2) is 7.68. The predicted molar refractivity (Wildman–Crippen MR) is 85.1 cm³/mol. The number of aryl methyl sites for hydroxylation is 1. The molecule has 0 saturated heterocycles. The summed E-state index contributed by atoms with van der Waals surface area (Å²) >= 11 is 0. The number of rotatable bonds is 8. The van der Waals surface area contributed by atoms with Gasteiger partial charge in [-0.3, -0.25) is 0 Å². The van der Waals surface area contributed by atoms with Gasteiger partial charge >= 0.3 is 0 Å². The van der Waals surface area contributed by atoms with Crippen molar-refractivity contribution in [2.24, 2.45) is 5.92 Å². The van der Waals surface area contributed by atoms with E-state index in [0.717, 1.165) is 18.9 Å². The summed E-state index contributed by atoms with van der Waals surface area (Å²) < 4.78 is 0. The maximum atomic E-state index is 9.50. The van der Waals surface area contributed by atoms with E-state index in [1.54, 1.807) is 0 Å². The zero-order valence-electron chi connectivity index (χ0n) is 13.0. The van der Waals surface area contributed by atoms with Gasteiger partial charge in [0, 0.05) is 6.04 Å². The molecule has 0 heterocycles. The molecule has 1 aliphatic carbocycles. The highest BCUT2D eigenvalue weighted by Gasteiger charge is 2.21. The highest BCUT2D eigenvalue weighted by molar-refractivity contribution is 5.39. The zero-order valence-corrected chi connectivity index (χ0v) is 13.0. The van der Waals surface area contributed by atoms with Crippen LogP contribution in [0.1, 0.15) is 69.5 Å². The molecule has 0 amide bonds. The van der Waals surface area contributed by atoms with Gasteiger partial charge in [-0.15, -0.1) is 0 Å². The van der Waals surface area contributed by atoms with Crippen LogP contribution >= 0.6 is 0 Å². The van der Waals surface area contributed by atoms with Gasteiger partial charge in [0.2, 0.25) is 0 Å². The summed E-state index contributed by atoms with van der Waals surface area (Å²) in [5, 5.41) is 13.2.